The number of nitrogens with one attached hydrogen (secondary N) is 1. The predicted octanol–water partition coefficient (Wildman–Crippen LogP) is 4.34. The van der Waals surface area contributed by atoms with Crippen molar-refractivity contribution in [3.8, 4) is 5.75 Å². The van der Waals surface area contributed by atoms with E-state index in [1.807, 2.05) is 12.1 Å². The number of benzene rings is 2. The molecule has 12 heteroatoms. The molecule has 1 saturated heterocycles. The number of nitro benzene ring substituents is 2. The minimum Gasteiger partial charge on any atom is -0.502 e. The number of hydrogen-bond donors (Lipinski definition) is 2. The normalized spacial score (nSPS) is 28.6. The van der Waals surface area contributed by atoms with E-state index in [4.69, 9.17) is 0 Å². The summed E-state index contributed by atoms with van der Waals surface area (Å²) in [6.07, 6.45) is 8.12. The van der Waals surface area contributed by atoms with Crippen molar-refractivity contribution in [3.63, 3.8) is 0 Å². The van der Waals surface area contributed by atoms with Crippen LogP contribution < -0.4 is 10.2 Å². The Morgan fingerprint density at radius 2 is 1.51 bits per heavy atom. The fourth-order valence-corrected chi connectivity index (χ4v) is 7.46. The second kappa shape index (κ2) is 8.72. The quantitative estimate of drug-likeness (QED) is 0.247. The fourth-order valence-electron chi connectivity index (χ4n) is 7.46. The molecule has 1 aliphatic heterocycles. The fraction of sp³-hybridized carbons (Fsp3) is 0.370. The van der Waals surface area contributed by atoms with Crippen LogP contribution in [-0.2, 0) is 15.0 Å². The lowest BCUT2D eigenvalue weighted by Gasteiger charge is -2.57. The number of nitro groups is 2. The molecule has 12 nitrogen and oxygen atoms in total. The second-order valence-electron chi connectivity index (χ2n) is 11.1. The van der Waals surface area contributed by atoms with Crippen LogP contribution in [-0.4, -0.2) is 32.8 Å². The molecule has 4 amide bonds. The van der Waals surface area contributed by atoms with Gasteiger partial charge in [-0.2, -0.15) is 0 Å². The van der Waals surface area contributed by atoms with Crippen LogP contribution in [0.3, 0.4) is 0 Å². The summed E-state index contributed by atoms with van der Waals surface area (Å²) >= 11 is 0. The number of carbonyl (C=O) groups excluding carboxylic acids is 3. The zero-order chi connectivity index (χ0) is 27.6. The van der Waals surface area contributed by atoms with Gasteiger partial charge in [-0.05, 0) is 85.5 Å². The van der Waals surface area contributed by atoms with Crippen molar-refractivity contribution in [2.24, 2.45) is 17.8 Å². The highest BCUT2D eigenvalue weighted by atomic mass is 16.6. The zero-order valence-corrected chi connectivity index (χ0v) is 20.7. The van der Waals surface area contributed by atoms with Gasteiger partial charge in [0.25, 0.3) is 17.5 Å². The van der Waals surface area contributed by atoms with Gasteiger partial charge in [-0.25, -0.2) is 9.69 Å². The van der Waals surface area contributed by atoms with Crippen LogP contribution >= 0.6 is 0 Å². The first-order chi connectivity index (χ1) is 18.5. The van der Waals surface area contributed by atoms with E-state index in [1.165, 1.54) is 24.8 Å². The van der Waals surface area contributed by atoms with Gasteiger partial charge in [0.1, 0.15) is 5.57 Å². The number of rotatable bonds is 5. The van der Waals surface area contributed by atoms with Gasteiger partial charge < -0.3 is 5.11 Å². The van der Waals surface area contributed by atoms with Crippen molar-refractivity contribution in [1.29, 1.82) is 0 Å². The van der Waals surface area contributed by atoms with Crippen molar-refractivity contribution in [2.45, 2.75) is 43.9 Å². The SMILES string of the molecule is O=C1NC(=O)N(c2ccc(C34CC5CC(CC(C5)C3)C4)cc2)C(=O)/C1=C/c1cc([N+](=O)[O-])cc([N+](=O)[O-])c1O. The number of urea groups is 1. The highest BCUT2D eigenvalue weighted by Gasteiger charge is 2.51. The highest BCUT2D eigenvalue weighted by molar-refractivity contribution is 6.39. The average molecular weight is 533 g/mol. The first-order valence-corrected chi connectivity index (χ1v) is 12.7. The van der Waals surface area contributed by atoms with Crippen molar-refractivity contribution in [2.75, 3.05) is 4.90 Å². The largest absolute Gasteiger partial charge is 0.502 e. The summed E-state index contributed by atoms with van der Waals surface area (Å²) < 4.78 is 0. The Morgan fingerprint density at radius 1 is 0.923 bits per heavy atom. The van der Waals surface area contributed by atoms with Crippen molar-refractivity contribution >= 4 is 41.0 Å². The topological polar surface area (TPSA) is 173 Å². The first-order valence-electron chi connectivity index (χ1n) is 12.7. The van der Waals surface area contributed by atoms with Gasteiger partial charge >= 0.3 is 11.7 Å². The van der Waals surface area contributed by atoms with Crippen LogP contribution in [0.5, 0.6) is 5.75 Å². The average Bonchev–Trinajstić information content (AvgIpc) is 2.86. The monoisotopic (exact) mass is 532 g/mol. The number of imide groups is 2. The summed E-state index contributed by atoms with van der Waals surface area (Å²) in [5.74, 6) is -0.859. The number of aromatic hydroxyl groups is 1. The molecule has 0 radical (unpaired) electrons. The lowest BCUT2D eigenvalue weighted by Crippen LogP contribution is -2.54. The van der Waals surface area contributed by atoms with Crippen LogP contribution in [0.1, 0.15) is 49.7 Å². The minimum atomic E-state index is -1.10. The summed E-state index contributed by atoms with van der Waals surface area (Å²) in [5.41, 5.74) is -1.28. The van der Waals surface area contributed by atoms with Gasteiger partial charge in [-0.15, -0.1) is 0 Å². The Labute approximate surface area is 221 Å². The molecule has 0 atom stereocenters. The molecule has 200 valence electrons. The molecule has 0 unspecified atom stereocenters. The first kappa shape index (κ1) is 24.7. The van der Waals surface area contributed by atoms with E-state index < -0.39 is 56.0 Å². The lowest BCUT2D eigenvalue weighted by molar-refractivity contribution is -0.394. The van der Waals surface area contributed by atoms with Crippen LogP contribution in [0.25, 0.3) is 6.08 Å². The molecule has 0 spiro atoms. The van der Waals surface area contributed by atoms with Crippen LogP contribution in [0.2, 0.25) is 0 Å². The number of phenols is 1. The van der Waals surface area contributed by atoms with E-state index in [9.17, 15) is 39.7 Å². The molecule has 2 aromatic rings. The lowest BCUT2D eigenvalue weighted by atomic mass is 9.48. The third-order valence-electron chi connectivity index (χ3n) is 8.69. The number of carbonyl (C=O) groups is 3. The molecule has 5 fully saturated rings. The number of anilines is 1. The van der Waals surface area contributed by atoms with Gasteiger partial charge in [-0.3, -0.25) is 35.1 Å². The van der Waals surface area contributed by atoms with E-state index in [-0.39, 0.29) is 11.1 Å². The molecule has 2 N–H and O–H groups in total. The number of barbiturate groups is 1. The molecular formula is C27H24N4O8. The zero-order valence-electron chi connectivity index (χ0n) is 20.7. The van der Waals surface area contributed by atoms with Crippen molar-refractivity contribution in [3.05, 3.63) is 73.3 Å². The van der Waals surface area contributed by atoms with Crippen LogP contribution in [0.15, 0.2) is 42.0 Å². The van der Waals surface area contributed by atoms with Gasteiger partial charge in [0.15, 0.2) is 0 Å². The number of amides is 4. The van der Waals surface area contributed by atoms with E-state index in [2.05, 4.69) is 5.32 Å². The maximum Gasteiger partial charge on any atom is 0.335 e. The highest BCUT2D eigenvalue weighted by Crippen LogP contribution is 2.60. The Kier molecular flexibility index (Phi) is 5.52. The number of hydrogen-bond acceptors (Lipinski definition) is 8. The molecule has 1 heterocycles. The van der Waals surface area contributed by atoms with E-state index in [0.29, 0.717) is 6.07 Å². The van der Waals surface area contributed by atoms with Crippen LogP contribution in [0, 0.1) is 38.0 Å². The number of non-ortho nitro benzene ring substituents is 1. The minimum absolute atomic E-state index is 0.108. The summed E-state index contributed by atoms with van der Waals surface area (Å²) in [6.45, 7) is 0. The summed E-state index contributed by atoms with van der Waals surface area (Å²) in [7, 11) is 0. The molecule has 4 bridgehead atoms. The molecule has 2 aromatic carbocycles. The molecule has 0 aromatic heterocycles. The van der Waals surface area contributed by atoms with E-state index in [1.54, 1.807) is 12.1 Å². The smallest absolute Gasteiger partial charge is 0.335 e. The van der Waals surface area contributed by atoms with Crippen molar-refractivity contribution < 1.29 is 29.3 Å². The van der Waals surface area contributed by atoms with E-state index in [0.717, 1.165) is 54.1 Å². The Hall–Kier alpha value is -4.61. The molecule has 4 saturated carbocycles. The molecular weight excluding hydrogens is 508 g/mol. The second-order valence-corrected chi connectivity index (χ2v) is 11.1. The standard InChI is InChI=1S/C27H24N4O8/c32-23-17(8-20(30(36)37)10-22(23)31(38)39)9-21-24(33)28-26(35)29(25(21)34)19-3-1-18(2-4-19)27-11-14-5-15(12-27)7-16(6-14)13-27/h1-4,8-10,14-16,32H,5-7,11-13H2,(H,28,33,35)/b21-9+. The molecule has 4 aliphatic carbocycles. The third kappa shape index (κ3) is 4.03. The van der Waals surface area contributed by atoms with Gasteiger partial charge in [0.2, 0.25) is 5.75 Å². The van der Waals surface area contributed by atoms with Gasteiger partial charge in [-0.1, -0.05) is 12.1 Å². The molecule has 5 aliphatic rings. The van der Waals surface area contributed by atoms with Crippen LogP contribution in [0.4, 0.5) is 21.9 Å². The van der Waals surface area contributed by atoms with E-state index >= 15 is 0 Å². The summed E-state index contributed by atoms with van der Waals surface area (Å²) in [6, 6.07) is 7.58. The van der Waals surface area contributed by atoms with Gasteiger partial charge in [0, 0.05) is 11.6 Å². The Balaban J connectivity index is 1.33. The maximum atomic E-state index is 13.3. The number of nitrogens with zero attached hydrogens (tertiary/aromatic N) is 3. The Bertz CT molecular complexity index is 1460. The predicted molar refractivity (Wildman–Crippen MR) is 137 cm³/mol. The number of phenolic OH excluding ortho intramolecular Hbond substituents is 1. The van der Waals surface area contributed by atoms with Gasteiger partial charge in [0.05, 0.1) is 21.6 Å². The summed E-state index contributed by atoms with van der Waals surface area (Å²) in [5, 5.41) is 34.9. The molecule has 7 rings (SSSR count). The Morgan fingerprint density at radius 3 is 2.05 bits per heavy atom. The summed E-state index contributed by atoms with van der Waals surface area (Å²) in [4.78, 5) is 60.0. The molecule has 39 heavy (non-hydrogen) atoms. The maximum absolute atomic E-state index is 13.3. The third-order valence-corrected chi connectivity index (χ3v) is 8.69. The van der Waals surface area contributed by atoms with Crippen molar-refractivity contribution in [1.82, 2.24) is 5.32 Å².